The van der Waals surface area contributed by atoms with E-state index in [1.54, 1.807) is 115 Å². The third-order valence-corrected chi connectivity index (χ3v) is 31.1. The van der Waals surface area contributed by atoms with Gasteiger partial charge in [0, 0.05) is 40.1 Å². The minimum absolute atomic E-state index is 0.0141. The van der Waals surface area contributed by atoms with Gasteiger partial charge in [-0.1, -0.05) is 186 Å². The van der Waals surface area contributed by atoms with Gasteiger partial charge in [0.1, 0.15) is 59.9 Å². The van der Waals surface area contributed by atoms with E-state index in [-0.39, 0.29) is 49.7 Å². The van der Waals surface area contributed by atoms with Crippen molar-refractivity contribution in [1.29, 1.82) is 0 Å². The molecule has 0 aliphatic rings. The number of hydrogen-bond acceptors (Lipinski definition) is 20. The van der Waals surface area contributed by atoms with E-state index in [9.17, 15) is 54.9 Å². The van der Waals surface area contributed by atoms with Crippen molar-refractivity contribution in [1.82, 2.24) is 49.8 Å². The molecule has 0 saturated heterocycles. The van der Waals surface area contributed by atoms with E-state index in [2.05, 4.69) is 73.5 Å². The first kappa shape index (κ1) is 95.4. The molecule has 0 fully saturated rings. The maximum absolute atomic E-state index is 13.3. The number of ether oxygens (including phenoxy) is 2. The maximum atomic E-state index is 13.3. The number of aromatic amines is 5. The molecule has 0 saturated carbocycles. The number of para-hydroxylation sites is 15. The van der Waals surface area contributed by atoms with E-state index < -0.39 is 65.8 Å². The molecule has 20 rings (SSSR count). The second-order valence-electron chi connectivity index (χ2n) is 30.0. The molecule has 0 spiro atoms. The van der Waals surface area contributed by atoms with Gasteiger partial charge in [-0.2, -0.15) is 0 Å². The zero-order chi connectivity index (χ0) is 96.4. The highest BCUT2D eigenvalue weighted by molar-refractivity contribution is 7.95. The Morgan fingerprint density at radius 3 is 0.985 bits per heavy atom. The van der Waals surface area contributed by atoms with Crippen LogP contribution in [0.15, 0.2) is 364 Å². The number of sulfone groups is 1. The van der Waals surface area contributed by atoms with Crippen molar-refractivity contribution in [2.45, 2.75) is 29.5 Å². The summed E-state index contributed by atoms with van der Waals surface area (Å²) in [5.74, 6) is 2.79. The van der Waals surface area contributed by atoms with Gasteiger partial charge in [-0.3, -0.25) is 23.6 Å². The van der Waals surface area contributed by atoms with Gasteiger partial charge in [0.05, 0.1) is 128 Å². The van der Waals surface area contributed by atoms with Crippen LogP contribution in [0.5, 0.6) is 11.5 Å². The predicted octanol–water partition coefficient (Wildman–Crippen LogP) is 21.9. The Labute approximate surface area is 804 Å². The van der Waals surface area contributed by atoms with E-state index in [1.807, 2.05) is 164 Å². The van der Waals surface area contributed by atoms with Crippen molar-refractivity contribution in [2.24, 2.45) is 0 Å². The number of imidazole rings is 5. The molecule has 6 heterocycles. The van der Waals surface area contributed by atoms with Crippen LogP contribution in [0.4, 0.5) is 32.8 Å². The van der Waals surface area contributed by atoms with E-state index >= 15 is 0 Å². The number of anilines is 5. The zero-order valence-corrected chi connectivity index (χ0v) is 79.8. The summed E-state index contributed by atoms with van der Waals surface area (Å²) in [4.78, 5) is 38.7. The summed E-state index contributed by atoms with van der Waals surface area (Å²) >= 11 is 18.4. The van der Waals surface area contributed by atoms with Gasteiger partial charge >= 0.3 is 0 Å². The van der Waals surface area contributed by atoms with Crippen LogP contribution in [-0.2, 0) is 65.7 Å². The van der Waals surface area contributed by atoms with Crippen molar-refractivity contribution >= 4 is 190 Å². The zero-order valence-electron chi connectivity index (χ0n) is 71.9. The van der Waals surface area contributed by atoms with Gasteiger partial charge in [0.15, 0.2) is 9.84 Å². The number of benzene rings is 14. The number of fused-ring (bicyclic) bond motifs is 5. The van der Waals surface area contributed by atoms with E-state index in [1.165, 1.54) is 56.7 Å². The van der Waals surface area contributed by atoms with Crippen LogP contribution >= 0.6 is 46.1 Å². The van der Waals surface area contributed by atoms with Gasteiger partial charge in [-0.25, -0.2) is 79.8 Å². The number of nitrogens with one attached hydrogen (secondary N) is 10. The third kappa shape index (κ3) is 22.8. The second-order valence-corrected chi connectivity index (χ2v) is 43.2. The monoisotopic (exact) mass is 2020 g/mol. The summed E-state index contributed by atoms with van der Waals surface area (Å²) < 4.78 is 188. The van der Waals surface area contributed by atoms with Crippen LogP contribution < -0.4 is 33.1 Å². The molecule has 0 radical (unpaired) electrons. The topological polar surface area (TPSA) is 427 Å². The number of nitrogens with zero attached hydrogens (tertiary/aromatic N) is 5. The molecule has 40 heteroatoms. The minimum Gasteiger partial charge on any atom is -0.497 e. The van der Waals surface area contributed by atoms with Gasteiger partial charge in [0.25, 0.3) is 40.1 Å². The number of halogens is 4. The van der Waals surface area contributed by atoms with Crippen LogP contribution in [0.1, 0.15) is 5.56 Å². The first-order valence-electron chi connectivity index (χ1n) is 41.0. The molecule has 14 aromatic carbocycles. The van der Waals surface area contributed by atoms with Crippen molar-refractivity contribution in [3.8, 4) is 68.4 Å². The Morgan fingerprint density at radius 2 is 0.642 bits per heavy atom. The lowest BCUT2D eigenvalue weighted by molar-refractivity contribution is 0.386. The molecule has 20 aromatic rings. The number of sulfonamides is 5. The Morgan fingerprint density at radius 1 is 0.321 bits per heavy atom. The van der Waals surface area contributed by atoms with Gasteiger partial charge in [0.2, 0.25) is 10.0 Å². The largest absolute Gasteiger partial charge is 0.497 e. The van der Waals surface area contributed by atoms with Crippen LogP contribution in [-0.4, -0.2) is 121 Å². The molecule has 0 atom stereocenters. The van der Waals surface area contributed by atoms with Crippen molar-refractivity contribution in [3.63, 3.8) is 0 Å². The van der Waals surface area contributed by atoms with Crippen molar-refractivity contribution in [2.75, 3.05) is 44.1 Å². The molecule has 10 N–H and O–H groups in total. The van der Waals surface area contributed by atoms with Crippen molar-refractivity contribution in [3.05, 3.63) is 365 Å². The fourth-order valence-corrected chi connectivity index (χ4v) is 22.5. The first-order chi connectivity index (χ1) is 65.7. The molecule has 137 heavy (non-hydrogen) atoms. The van der Waals surface area contributed by atoms with E-state index in [0.717, 1.165) is 96.5 Å². The molecular weight excluding hydrogens is 1950 g/mol. The fraction of sp³-hybridized carbons (Fsp3) is 0.0412. The number of H-pyrrole nitrogens is 5. The normalized spacial score (nSPS) is 11.7. The molecule has 0 aliphatic carbocycles. The standard InChI is InChI=1S/C21H19N3O4S.C20H17N3O4S2.C20H17N3O2S.C19H13ClFN3O2S.C17H11Cl2N3O2S2/c1-27-14-11-12-20(19(13-14)28-2)29(25,26)24-16-8-4-3-7-15(16)21-22-17-9-5-6-10-18(17)23-21;1-28(24,25)14-10-12-15(13-11-14)29(26,27)23-17-7-3-2-6-16(17)20-21-18-8-4-5-9-19(18)22-20;24-26(25,14-15-8-2-1-3-9-15)23-17-11-5-4-10-16(17)20-21-18-12-6-7-13-19(18)22-20;20-14-11-12(9-10-15(14)21)27(25,26)24-16-6-2-1-5-13(16)19-22-17-7-3-4-8-18(17)23-19;18-11-9-15(25-16(11)19)26(23,24)22-12-6-2-1-5-10(12)17-20-13-7-3-4-8-14(13)21-17/h3-13,24H,1-2H3,(H,22,23);2-13,23H,1H3,(H,21,22);1-13,23H,14H2,(H,21,22);1-11,24H,(H,22,23);1-9,22H,(H,20,21). The Bertz CT molecular complexity index is 8450. The Balaban J connectivity index is 0.000000124. The van der Waals surface area contributed by atoms with Crippen molar-refractivity contribution < 1.29 is 64.4 Å². The molecule has 29 nitrogen and oxygen atoms in total. The van der Waals surface area contributed by atoms with Crippen LogP contribution in [0.3, 0.4) is 0 Å². The average molecular weight is 2030 g/mol. The first-order valence-corrected chi connectivity index (χ1v) is 52.5. The van der Waals surface area contributed by atoms with Gasteiger partial charge in [-0.05, 0) is 188 Å². The average Bonchev–Trinajstić information content (AvgIpc) is 1.54. The Hall–Kier alpha value is -14.8. The van der Waals surface area contributed by atoms with E-state index in [4.69, 9.17) is 44.3 Å². The smallest absolute Gasteiger partial charge is 0.271 e. The summed E-state index contributed by atoms with van der Waals surface area (Å²) in [7, 11) is -19.6. The lowest BCUT2D eigenvalue weighted by Gasteiger charge is -2.14. The molecule has 0 aliphatic heterocycles. The second kappa shape index (κ2) is 40.8. The minimum atomic E-state index is -3.96. The van der Waals surface area contributed by atoms with Gasteiger partial charge < -0.3 is 34.4 Å². The lowest BCUT2D eigenvalue weighted by Crippen LogP contribution is -2.15. The summed E-state index contributed by atoms with van der Waals surface area (Å²) in [6.45, 7) is 0. The van der Waals surface area contributed by atoms with Crippen LogP contribution in [0.25, 0.3) is 112 Å². The third-order valence-electron chi connectivity index (χ3n) is 20.6. The maximum Gasteiger partial charge on any atom is 0.271 e. The fourth-order valence-electron chi connectivity index (χ4n) is 14.1. The summed E-state index contributed by atoms with van der Waals surface area (Å²) in [6, 6.07) is 96.4. The molecular formula is C97H77Cl3FN15O14S7. The highest BCUT2D eigenvalue weighted by Gasteiger charge is 2.28. The molecule has 6 aromatic heterocycles. The molecule has 0 amide bonds. The van der Waals surface area contributed by atoms with Crippen LogP contribution in [0, 0.1) is 5.82 Å². The number of rotatable bonds is 24. The predicted molar refractivity (Wildman–Crippen MR) is 538 cm³/mol. The summed E-state index contributed by atoms with van der Waals surface area (Å²) in [5.41, 5.74) is 14.3. The number of aromatic nitrogens is 10. The van der Waals surface area contributed by atoms with E-state index in [0.29, 0.717) is 91.1 Å². The molecule has 0 unspecified atom stereocenters. The number of thiophene rings is 1. The highest BCUT2D eigenvalue weighted by Crippen LogP contribution is 2.40. The number of methoxy groups -OCH3 is 2. The highest BCUT2D eigenvalue weighted by atomic mass is 35.5. The number of hydrogen-bond donors (Lipinski definition) is 10. The molecule has 0 bridgehead atoms. The molecule has 694 valence electrons. The summed E-state index contributed by atoms with van der Waals surface area (Å²) in [5, 5.41) is -0.0499. The van der Waals surface area contributed by atoms with Gasteiger partial charge in [-0.15, -0.1) is 11.3 Å². The SMILES string of the molecule is COc1ccc(S(=O)(=O)Nc2ccccc2-c2nc3ccccc3[nH]2)c(OC)c1.CS(=O)(=O)c1ccc(S(=O)(=O)Nc2ccccc2-c2nc3ccccc3[nH]2)cc1.O=S(=O)(Cc1ccccc1)Nc1ccccc1-c1nc2ccccc2[nH]1.O=S(=O)(Nc1ccccc1-c1nc2ccccc2[nH]1)c1cc(Cl)c(Cl)s1.O=S(=O)(Nc1ccccc1-c1nc2ccccc2[nH]1)c1ccc(F)c(Cl)c1. The van der Waals surface area contributed by atoms with Crippen LogP contribution in [0.2, 0.25) is 14.4 Å². The summed E-state index contributed by atoms with van der Waals surface area (Å²) in [6.07, 6.45) is 1.07. The lowest BCUT2D eigenvalue weighted by atomic mass is 10.2. The quantitative estimate of drug-likeness (QED) is 0.0269. The Kier molecular flexibility index (Phi) is 28.4.